The molecule has 23 nitrogen and oxygen atoms in total. The summed E-state index contributed by atoms with van der Waals surface area (Å²) in [5, 5.41) is 136. The van der Waals surface area contributed by atoms with E-state index in [0.717, 1.165) is 84.0 Å². The summed E-state index contributed by atoms with van der Waals surface area (Å²) >= 11 is 0. The lowest BCUT2D eigenvalue weighted by Gasteiger charge is -2.50. The van der Waals surface area contributed by atoms with Gasteiger partial charge >= 0.3 is 5.97 Å². The number of aliphatic carboxylic acids is 1. The first-order chi connectivity index (χ1) is 42.9. The first-order valence-corrected chi connectivity index (χ1v) is 34.5. The van der Waals surface area contributed by atoms with Crippen LogP contribution in [-0.2, 0) is 42.8 Å². The summed E-state index contributed by atoms with van der Waals surface area (Å²) in [5.74, 6) is -6.10. The van der Waals surface area contributed by atoms with E-state index in [1.807, 2.05) is 0 Å². The third kappa shape index (κ3) is 30.2. The second-order valence-electron chi connectivity index (χ2n) is 25.4. The number of hydrogen-bond acceptors (Lipinski definition) is 20. The number of hydrogen-bond donors (Lipinski definition) is 14. The molecule has 0 aromatic heterocycles. The van der Waals surface area contributed by atoms with Gasteiger partial charge < -0.3 is 100 Å². The molecular formula is C66H122N2O21. The summed E-state index contributed by atoms with van der Waals surface area (Å²) in [7, 11) is 0. The quantitative estimate of drug-likeness (QED) is 0.0249. The smallest absolute Gasteiger partial charge is 0.364 e. The molecule has 14 N–H and O–H groups in total. The van der Waals surface area contributed by atoms with Crippen LogP contribution in [0.5, 0.6) is 0 Å². The zero-order chi connectivity index (χ0) is 65.4. The predicted octanol–water partition coefficient (Wildman–Crippen LogP) is 5.90. The number of aliphatic hydroxyl groups is 11. The Hall–Kier alpha value is -2.53. The van der Waals surface area contributed by atoms with E-state index in [2.05, 4.69) is 36.6 Å². The van der Waals surface area contributed by atoms with Crippen molar-refractivity contribution in [2.75, 3.05) is 26.4 Å². The number of amides is 2. The number of carbonyl (C=O) groups excluding carboxylic acids is 2. The van der Waals surface area contributed by atoms with E-state index in [9.17, 15) is 75.7 Å². The van der Waals surface area contributed by atoms with Crippen LogP contribution in [0.1, 0.15) is 252 Å². The van der Waals surface area contributed by atoms with Gasteiger partial charge in [0.2, 0.25) is 11.8 Å². The predicted molar refractivity (Wildman–Crippen MR) is 334 cm³/mol. The molecule has 0 aromatic rings. The van der Waals surface area contributed by atoms with Gasteiger partial charge in [-0.2, -0.15) is 0 Å². The van der Waals surface area contributed by atoms with E-state index in [4.69, 9.17) is 28.4 Å². The molecule has 3 aliphatic heterocycles. The van der Waals surface area contributed by atoms with Gasteiger partial charge in [-0.25, -0.2) is 4.79 Å². The van der Waals surface area contributed by atoms with E-state index >= 15 is 0 Å². The van der Waals surface area contributed by atoms with Crippen LogP contribution in [0.4, 0.5) is 0 Å². The molecule has 0 aliphatic carbocycles. The number of unbranched alkanes of at least 4 members (excludes halogenated alkanes) is 30. The van der Waals surface area contributed by atoms with Crippen LogP contribution < -0.4 is 10.6 Å². The van der Waals surface area contributed by atoms with Crippen molar-refractivity contribution in [3.05, 3.63) is 12.2 Å². The third-order valence-corrected chi connectivity index (χ3v) is 17.7. The molecule has 0 spiro atoms. The summed E-state index contributed by atoms with van der Waals surface area (Å²) in [6, 6.07) is -2.53. The van der Waals surface area contributed by atoms with Crippen LogP contribution >= 0.6 is 0 Å². The Labute approximate surface area is 531 Å². The SMILES string of the molecule is CCCCCC/C=C\CCCCCCCCCC(=O)NC(COC1OC(CO)C(OC2OC(CO)C(O)C(OC3(C(=O)O)CC(O)C(NC(C)=O)C(C(O)C(O)CO)O3)C2O)C(O)C1O)C(O)CCCCCCCCCCCCCCCCCCCCCC. The number of aliphatic hydroxyl groups excluding tert-OH is 11. The molecule has 0 radical (unpaired) electrons. The van der Waals surface area contributed by atoms with Crippen molar-refractivity contribution >= 4 is 17.8 Å². The van der Waals surface area contributed by atoms with Crippen LogP contribution in [0, 0.1) is 0 Å². The number of rotatable bonds is 52. The van der Waals surface area contributed by atoms with E-state index in [0.29, 0.717) is 19.3 Å². The molecule has 3 aliphatic rings. The van der Waals surface area contributed by atoms with Gasteiger partial charge in [0.1, 0.15) is 67.1 Å². The van der Waals surface area contributed by atoms with Crippen LogP contribution in [0.3, 0.4) is 0 Å². The Balaban J connectivity index is 1.60. The first-order valence-electron chi connectivity index (χ1n) is 34.5. The Morgan fingerprint density at radius 3 is 1.53 bits per heavy atom. The normalized spacial score (nSPS) is 28.8. The number of nitrogens with one attached hydrogen (secondary N) is 2. The number of carboxylic acid groups (broad SMARTS) is 1. The standard InChI is InChI=1S/C66H122N2O21/c1-4-6-8-10-12-14-16-18-20-21-22-23-24-26-27-29-31-33-35-37-39-48(73)47(68-53(76)40-38-36-34-32-30-28-25-19-17-15-13-11-9-7-5-2)45-84-63-58(80)57(79)60(52(44-71)86-63)87-64-59(81)62(56(78)51(43-70)85-64)89-66(65(82)83)41-49(74)54(67-46(3)72)61(88-66)55(77)50(75)42-69/h15,17,47-52,54-64,69-71,73-75,77-81H,4-14,16,18-45H2,1-3H3,(H,67,72)(H,68,76)(H,82,83)/b17-15-. The van der Waals surface area contributed by atoms with Crippen molar-refractivity contribution in [1.29, 1.82) is 0 Å². The molecule has 23 heteroatoms. The molecule has 3 fully saturated rings. The van der Waals surface area contributed by atoms with Crippen molar-refractivity contribution in [1.82, 2.24) is 10.6 Å². The highest BCUT2D eigenvalue weighted by Crippen LogP contribution is 2.39. The van der Waals surface area contributed by atoms with E-state index in [1.165, 1.54) is 122 Å². The number of carboxylic acids is 1. The van der Waals surface area contributed by atoms with Gasteiger partial charge in [0.15, 0.2) is 12.6 Å². The van der Waals surface area contributed by atoms with Gasteiger partial charge in [-0.05, 0) is 38.5 Å². The van der Waals surface area contributed by atoms with E-state index in [-0.39, 0.29) is 18.9 Å². The Bertz CT molecular complexity index is 1860. The zero-order valence-corrected chi connectivity index (χ0v) is 54.3. The maximum atomic E-state index is 13.4. The highest BCUT2D eigenvalue weighted by molar-refractivity contribution is 5.77. The van der Waals surface area contributed by atoms with Gasteiger partial charge in [0.25, 0.3) is 5.79 Å². The van der Waals surface area contributed by atoms with Crippen molar-refractivity contribution < 1.29 is 104 Å². The molecular weight excluding hydrogens is 1160 g/mol. The maximum absolute atomic E-state index is 13.4. The van der Waals surface area contributed by atoms with E-state index < -0.39 is 148 Å². The zero-order valence-electron chi connectivity index (χ0n) is 54.3. The number of allylic oxidation sites excluding steroid dienone is 2. The molecule has 0 saturated carbocycles. The molecule has 2 amide bonds. The lowest BCUT2D eigenvalue weighted by molar-refractivity contribution is -0.386. The summed E-state index contributed by atoms with van der Waals surface area (Å²) < 4.78 is 34.8. The fourth-order valence-corrected chi connectivity index (χ4v) is 12.2. The lowest BCUT2D eigenvalue weighted by atomic mass is 9.88. The summed E-state index contributed by atoms with van der Waals surface area (Å²) in [4.78, 5) is 38.5. The van der Waals surface area contributed by atoms with Crippen LogP contribution in [-0.4, -0.2) is 215 Å². The lowest BCUT2D eigenvalue weighted by Crippen LogP contribution is -2.70. The third-order valence-electron chi connectivity index (χ3n) is 17.7. The van der Waals surface area contributed by atoms with Crippen LogP contribution in [0.15, 0.2) is 12.2 Å². The fraction of sp³-hybridized carbons (Fsp3) is 0.924. The van der Waals surface area contributed by atoms with Gasteiger partial charge in [-0.3, -0.25) is 9.59 Å². The number of carbonyl (C=O) groups is 3. The Morgan fingerprint density at radius 2 is 1.04 bits per heavy atom. The molecule has 89 heavy (non-hydrogen) atoms. The molecule has 3 heterocycles. The molecule has 18 unspecified atom stereocenters. The Morgan fingerprint density at radius 1 is 0.573 bits per heavy atom. The molecule has 0 bridgehead atoms. The van der Waals surface area contributed by atoms with E-state index in [1.54, 1.807) is 0 Å². The average Bonchev–Trinajstić information content (AvgIpc) is 0.869. The maximum Gasteiger partial charge on any atom is 0.364 e. The Kier molecular flexibility index (Phi) is 43.0. The molecule has 522 valence electrons. The minimum atomic E-state index is -3.08. The minimum absolute atomic E-state index is 0.220. The van der Waals surface area contributed by atoms with Crippen molar-refractivity contribution in [3.63, 3.8) is 0 Å². The van der Waals surface area contributed by atoms with Crippen molar-refractivity contribution in [3.8, 4) is 0 Å². The first kappa shape index (κ1) is 80.7. The van der Waals surface area contributed by atoms with Gasteiger partial charge in [0.05, 0.1) is 50.7 Å². The molecule has 3 saturated heterocycles. The van der Waals surface area contributed by atoms with Gasteiger partial charge in [-0.1, -0.05) is 206 Å². The van der Waals surface area contributed by atoms with Crippen molar-refractivity contribution in [2.45, 2.75) is 362 Å². The fourth-order valence-electron chi connectivity index (χ4n) is 12.2. The van der Waals surface area contributed by atoms with Gasteiger partial charge in [0, 0.05) is 19.8 Å². The molecule has 3 rings (SSSR count). The highest BCUT2D eigenvalue weighted by atomic mass is 16.8. The average molecular weight is 1280 g/mol. The topological polar surface area (TPSA) is 373 Å². The monoisotopic (exact) mass is 1280 g/mol. The van der Waals surface area contributed by atoms with Crippen LogP contribution in [0.25, 0.3) is 0 Å². The minimum Gasteiger partial charge on any atom is -0.477 e. The highest BCUT2D eigenvalue weighted by Gasteiger charge is 2.60. The summed E-state index contributed by atoms with van der Waals surface area (Å²) in [5.41, 5.74) is 0. The largest absolute Gasteiger partial charge is 0.477 e. The molecule has 0 aromatic carbocycles. The van der Waals surface area contributed by atoms with Crippen LogP contribution in [0.2, 0.25) is 0 Å². The summed E-state index contributed by atoms with van der Waals surface area (Å²) in [6.45, 7) is 2.19. The number of ether oxygens (including phenoxy) is 6. The van der Waals surface area contributed by atoms with Gasteiger partial charge in [-0.15, -0.1) is 0 Å². The van der Waals surface area contributed by atoms with Crippen molar-refractivity contribution in [2.24, 2.45) is 0 Å². The summed E-state index contributed by atoms with van der Waals surface area (Å²) in [6.07, 6.45) is 15.0. The second kappa shape index (κ2) is 47.4. The molecule has 18 atom stereocenters. The second-order valence-corrected chi connectivity index (χ2v) is 25.4.